The number of benzene rings is 1. The topological polar surface area (TPSA) is 83.6 Å². The highest BCUT2D eigenvalue weighted by molar-refractivity contribution is 6.03. The van der Waals surface area contributed by atoms with Crippen molar-refractivity contribution >= 4 is 28.8 Å². The maximum atomic E-state index is 13.1. The third-order valence-corrected chi connectivity index (χ3v) is 5.45. The Kier molecular flexibility index (Phi) is 5.66. The summed E-state index contributed by atoms with van der Waals surface area (Å²) in [6.07, 6.45) is 7.02. The summed E-state index contributed by atoms with van der Waals surface area (Å²) in [5.74, 6) is -0.171. The van der Waals surface area contributed by atoms with Crippen LogP contribution in [0.1, 0.15) is 11.1 Å². The molecular weight excluding hydrogens is 429 g/mol. The van der Waals surface area contributed by atoms with Gasteiger partial charge in [-0.05, 0) is 48.0 Å². The molecule has 0 spiro atoms. The van der Waals surface area contributed by atoms with Crippen LogP contribution in [0.5, 0.6) is 0 Å². The molecule has 0 saturated heterocycles. The second kappa shape index (κ2) is 9.07. The maximum absolute atomic E-state index is 13.1. The molecule has 1 aromatic carbocycles. The van der Waals surface area contributed by atoms with Gasteiger partial charge in [0.25, 0.3) is 0 Å². The molecule has 166 valence electrons. The standard InChI is InChI=1S/C27H20FN5O/c1-2-18-10-14-31-27-24(21-5-3-4-12-29-21)25(33-26(18)27)19-11-13-30-22(16-19)32-23(34)15-17-6-8-20(28)9-7-17/h2-14,16,33H,1,15H2,(H,30,32,34). The van der Waals surface area contributed by atoms with Crippen molar-refractivity contribution in [3.05, 3.63) is 103 Å². The summed E-state index contributed by atoms with van der Waals surface area (Å²) in [5.41, 5.74) is 6.54. The number of halogens is 1. The smallest absolute Gasteiger partial charge is 0.229 e. The number of hydrogen-bond acceptors (Lipinski definition) is 4. The highest BCUT2D eigenvalue weighted by atomic mass is 19.1. The molecule has 0 atom stereocenters. The Morgan fingerprint density at radius 3 is 2.59 bits per heavy atom. The molecule has 0 saturated carbocycles. The summed E-state index contributed by atoms with van der Waals surface area (Å²) in [6.45, 7) is 3.91. The number of carbonyl (C=O) groups excluding carboxylic acids is 1. The van der Waals surface area contributed by atoms with Gasteiger partial charge in [-0.15, -0.1) is 0 Å². The first-order chi connectivity index (χ1) is 16.6. The van der Waals surface area contributed by atoms with Gasteiger partial charge in [-0.25, -0.2) is 9.37 Å². The van der Waals surface area contributed by atoms with Crippen molar-refractivity contribution in [2.75, 3.05) is 5.32 Å². The first-order valence-corrected chi connectivity index (χ1v) is 10.7. The second-order valence-electron chi connectivity index (χ2n) is 7.70. The van der Waals surface area contributed by atoms with E-state index in [0.717, 1.165) is 39.1 Å². The lowest BCUT2D eigenvalue weighted by Crippen LogP contribution is -2.15. The number of aromatic amines is 1. The van der Waals surface area contributed by atoms with E-state index in [1.54, 1.807) is 42.9 Å². The molecule has 4 aromatic heterocycles. The van der Waals surface area contributed by atoms with Crippen molar-refractivity contribution in [2.24, 2.45) is 0 Å². The third kappa shape index (κ3) is 4.19. The predicted octanol–water partition coefficient (Wildman–Crippen LogP) is 5.65. The first kappa shape index (κ1) is 21.2. The van der Waals surface area contributed by atoms with Crippen molar-refractivity contribution in [1.29, 1.82) is 0 Å². The first-order valence-electron chi connectivity index (χ1n) is 10.7. The Morgan fingerprint density at radius 2 is 1.82 bits per heavy atom. The fourth-order valence-corrected chi connectivity index (χ4v) is 3.88. The molecule has 0 aliphatic carbocycles. The van der Waals surface area contributed by atoms with Crippen LogP contribution in [-0.4, -0.2) is 25.8 Å². The van der Waals surface area contributed by atoms with Gasteiger partial charge in [-0.2, -0.15) is 0 Å². The number of fused-ring (bicyclic) bond motifs is 1. The van der Waals surface area contributed by atoms with Gasteiger partial charge < -0.3 is 10.3 Å². The van der Waals surface area contributed by atoms with E-state index in [1.165, 1.54) is 12.1 Å². The quantitative estimate of drug-likeness (QED) is 0.351. The molecule has 5 rings (SSSR count). The number of aromatic nitrogens is 4. The number of hydrogen-bond donors (Lipinski definition) is 2. The number of rotatable bonds is 6. The van der Waals surface area contributed by atoms with Gasteiger partial charge in [0.15, 0.2) is 0 Å². The van der Waals surface area contributed by atoms with Crippen molar-refractivity contribution in [3.8, 4) is 22.5 Å². The lowest BCUT2D eigenvalue weighted by atomic mass is 10.0. The zero-order valence-corrected chi connectivity index (χ0v) is 18.1. The van der Waals surface area contributed by atoms with Crippen LogP contribution in [0.15, 0.2) is 85.8 Å². The highest BCUT2D eigenvalue weighted by Gasteiger charge is 2.19. The number of amides is 1. The molecule has 5 aromatic rings. The van der Waals surface area contributed by atoms with Crippen LogP contribution in [0.3, 0.4) is 0 Å². The van der Waals surface area contributed by atoms with Crippen molar-refractivity contribution < 1.29 is 9.18 Å². The van der Waals surface area contributed by atoms with Gasteiger partial charge in [0.2, 0.25) is 5.91 Å². The van der Waals surface area contributed by atoms with Gasteiger partial charge in [0.1, 0.15) is 11.6 Å². The molecule has 6 nitrogen and oxygen atoms in total. The fraction of sp³-hybridized carbons (Fsp3) is 0.0370. The zero-order valence-electron chi connectivity index (χ0n) is 18.1. The average molecular weight is 449 g/mol. The fourth-order valence-electron chi connectivity index (χ4n) is 3.88. The summed E-state index contributed by atoms with van der Waals surface area (Å²) >= 11 is 0. The number of carbonyl (C=O) groups is 1. The molecule has 2 N–H and O–H groups in total. The van der Waals surface area contributed by atoms with Crippen molar-refractivity contribution in [3.63, 3.8) is 0 Å². The van der Waals surface area contributed by atoms with Gasteiger partial charge in [-0.1, -0.05) is 30.9 Å². The Hall–Kier alpha value is -4.65. The monoisotopic (exact) mass is 449 g/mol. The minimum absolute atomic E-state index is 0.115. The minimum Gasteiger partial charge on any atom is -0.352 e. The van der Waals surface area contributed by atoms with Gasteiger partial charge in [-0.3, -0.25) is 14.8 Å². The zero-order chi connectivity index (χ0) is 23.5. The van der Waals surface area contributed by atoms with Gasteiger partial charge in [0.05, 0.1) is 34.4 Å². The van der Waals surface area contributed by atoms with Gasteiger partial charge >= 0.3 is 0 Å². The number of pyridine rings is 3. The van der Waals surface area contributed by atoms with Crippen LogP contribution >= 0.6 is 0 Å². The van der Waals surface area contributed by atoms with Crippen LogP contribution in [0.2, 0.25) is 0 Å². The molecule has 7 heteroatoms. The van der Waals surface area contributed by atoms with Crippen LogP contribution < -0.4 is 5.32 Å². The van der Waals surface area contributed by atoms with Crippen molar-refractivity contribution in [1.82, 2.24) is 19.9 Å². The van der Waals surface area contributed by atoms with E-state index >= 15 is 0 Å². The maximum Gasteiger partial charge on any atom is 0.229 e. The summed E-state index contributed by atoms with van der Waals surface area (Å²) in [5, 5.41) is 2.83. The summed E-state index contributed by atoms with van der Waals surface area (Å²) in [6, 6.07) is 17.1. The Balaban J connectivity index is 1.53. The van der Waals surface area contributed by atoms with Crippen LogP contribution in [0.25, 0.3) is 39.6 Å². The molecule has 0 aliphatic heterocycles. The number of nitrogens with zero attached hydrogens (tertiary/aromatic N) is 3. The Labute approximate surface area is 195 Å². The Bertz CT molecular complexity index is 1490. The van der Waals surface area contributed by atoms with E-state index in [2.05, 4.69) is 31.8 Å². The van der Waals surface area contributed by atoms with E-state index in [9.17, 15) is 9.18 Å². The molecule has 4 heterocycles. The van der Waals surface area contributed by atoms with Gasteiger partial charge in [0, 0.05) is 29.7 Å². The van der Waals surface area contributed by atoms with Crippen molar-refractivity contribution in [2.45, 2.75) is 6.42 Å². The molecule has 0 bridgehead atoms. The largest absolute Gasteiger partial charge is 0.352 e. The molecule has 1 amide bonds. The van der Waals surface area contributed by atoms with E-state index < -0.39 is 0 Å². The summed E-state index contributed by atoms with van der Waals surface area (Å²) in [4.78, 5) is 29.5. The number of H-pyrrole nitrogens is 1. The minimum atomic E-state index is -0.338. The summed E-state index contributed by atoms with van der Waals surface area (Å²) in [7, 11) is 0. The average Bonchev–Trinajstić information content (AvgIpc) is 3.26. The lowest BCUT2D eigenvalue weighted by Gasteiger charge is -2.08. The molecule has 34 heavy (non-hydrogen) atoms. The SMILES string of the molecule is C=Cc1ccnc2c(-c3ccccn3)c(-c3ccnc(NC(=O)Cc4ccc(F)cc4)c3)[nH]c12. The van der Waals surface area contributed by atoms with Crippen LogP contribution in [0.4, 0.5) is 10.2 Å². The van der Waals surface area contributed by atoms with Crippen LogP contribution in [0, 0.1) is 5.82 Å². The van der Waals surface area contributed by atoms with E-state index in [0.29, 0.717) is 11.4 Å². The predicted molar refractivity (Wildman–Crippen MR) is 131 cm³/mol. The molecule has 0 unspecified atom stereocenters. The normalized spacial score (nSPS) is 10.9. The van der Waals surface area contributed by atoms with E-state index in [1.807, 2.05) is 30.3 Å². The number of anilines is 1. The molecular formula is C27H20FN5O. The molecule has 0 radical (unpaired) electrons. The van der Waals surface area contributed by atoms with Crippen LogP contribution in [-0.2, 0) is 11.2 Å². The third-order valence-electron chi connectivity index (χ3n) is 5.45. The van der Waals surface area contributed by atoms with E-state index in [4.69, 9.17) is 0 Å². The second-order valence-corrected chi connectivity index (χ2v) is 7.70. The Morgan fingerprint density at radius 1 is 1.00 bits per heavy atom. The molecule has 0 fully saturated rings. The summed E-state index contributed by atoms with van der Waals surface area (Å²) < 4.78 is 13.1. The molecule has 0 aliphatic rings. The highest BCUT2D eigenvalue weighted by Crippen LogP contribution is 2.38. The lowest BCUT2D eigenvalue weighted by molar-refractivity contribution is -0.115. The van der Waals surface area contributed by atoms with E-state index in [-0.39, 0.29) is 18.1 Å². The number of nitrogens with one attached hydrogen (secondary N) is 2.